The van der Waals surface area contributed by atoms with Crippen LogP contribution in [0.15, 0.2) is 95.9 Å². The van der Waals surface area contributed by atoms with E-state index in [1.54, 1.807) is 11.8 Å². The first kappa shape index (κ1) is 25.0. The quantitative estimate of drug-likeness (QED) is 0.454. The zero-order chi connectivity index (χ0) is 24.3. The Labute approximate surface area is 212 Å². The SMILES string of the molecule is O=C(CN1CCCN(C(=O)C(Sc2ccccc2)c2ccccc2)CC1)NCCc1ccccc1. The van der Waals surface area contributed by atoms with Crippen LogP contribution in [-0.2, 0) is 16.0 Å². The van der Waals surface area contributed by atoms with Crippen molar-refractivity contribution in [3.8, 4) is 0 Å². The molecule has 0 bridgehead atoms. The first-order chi connectivity index (χ1) is 17.2. The fraction of sp³-hybridized carbons (Fsp3) is 0.310. The van der Waals surface area contributed by atoms with Crippen molar-refractivity contribution in [2.24, 2.45) is 0 Å². The van der Waals surface area contributed by atoms with Gasteiger partial charge in [0.25, 0.3) is 0 Å². The summed E-state index contributed by atoms with van der Waals surface area (Å²) >= 11 is 1.60. The summed E-state index contributed by atoms with van der Waals surface area (Å²) in [7, 11) is 0. The molecule has 1 heterocycles. The van der Waals surface area contributed by atoms with Crippen LogP contribution in [0.2, 0.25) is 0 Å². The van der Waals surface area contributed by atoms with E-state index in [-0.39, 0.29) is 17.1 Å². The second-order valence-electron chi connectivity index (χ2n) is 8.76. The minimum absolute atomic E-state index is 0.0440. The van der Waals surface area contributed by atoms with Gasteiger partial charge in [-0.1, -0.05) is 78.9 Å². The normalized spacial score (nSPS) is 15.3. The van der Waals surface area contributed by atoms with E-state index in [0.29, 0.717) is 32.7 Å². The van der Waals surface area contributed by atoms with E-state index < -0.39 is 0 Å². The van der Waals surface area contributed by atoms with Crippen molar-refractivity contribution in [2.75, 3.05) is 39.3 Å². The largest absolute Gasteiger partial charge is 0.355 e. The Bertz CT molecular complexity index is 1060. The molecule has 182 valence electrons. The van der Waals surface area contributed by atoms with Gasteiger partial charge in [0, 0.05) is 37.6 Å². The Morgan fingerprint density at radius 1 is 0.800 bits per heavy atom. The van der Waals surface area contributed by atoms with Crippen LogP contribution >= 0.6 is 11.8 Å². The maximum Gasteiger partial charge on any atom is 0.240 e. The lowest BCUT2D eigenvalue weighted by molar-refractivity contribution is -0.130. The van der Waals surface area contributed by atoms with Gasteiger partial charge < -0.3 is 10.2 Å². The molecule has 1 atom stereocenters. The molecule has 1 aliphatic heterocycles. The van der Waals surface area contributed by atoms with Crippen molar-refractivity contribution in [3.05, 3.63) is 102 Å². The predicted molar refractivity (Wildman–Crippen MR) is 142 cm³/mol. The van der Waals surface area contributed by atoms with Crippen LogP contribution in [0.3, 0.4) is 0 Å². The van der Waals surface area contributed by atoms with Gasteiger partial charge in [0.2, 0.25) is 11.8 Å². The molecule has 4 rings (SSSR count). The minimum Gasteiger partial charge on any atom is -0.355 e. The van der Waals surface area contributed by atoms with Gasteiger partial charge in [-0.3, -0.25) is 14.5 Å². The molecule has 0 spiro atoms. The summed E-state index contributed by atoms with van der Waals surface area (Å²) in [6.45, 7) is 3.87. The van der Waals surface area contributed by atoms with Gasteiger partial charge in [-0.2, -0.15) is 0 Å². The Morgan fingerprint density at radius 2 is 1.46 bits per heavy atom. The molecule has 35 heavy (non-hydrogen) atoms. The van der Waals surface area contributed by atoms with Crippen molar-refractivity contribution in [2.45, 2.75) is 23.0 Å². The molecular weight excluding hydrogens is 454 g/mol. The van der Waals surface area contributed by atoms with Gasteiger partial charge in [-0.25, -0.2) is 0 Å². The molecule has 0 radical (unpaired) electrons. The lowest BCUT2D eigenvalue weighted by Crippen LogP contribution is -2.41. The van der Waals surface area contributed by atoms with Crippen molar-refractivity contribution >= 4 is 23.6 Å². The number of carbonyl (C=O) groups excluding carboxylic acids is 2. The number of nitrogens with one attached hydrogen (secondary N) is 1. The lowest BCUT2D eigenvalue weighted by Gasteiger charge is -2.26. The molecule has 1 N–H and O–H groups in total. The Morgan fingerprint density at radius 3 is 2.17 bits per heavy atom. The number of amides is 2. The van der Waals surface area contributed by atoms with Crippen LogP contribution < -0.4 is 5.32 Å². The number of rotatable bonds is 9. The molecule has 0 aliphatic carbocycles. The first-order valence-corrected chi connectivity index (χ1v) is 13.2. The van der Waals surface area contributed by atoms with E-state index in [0.717, 1.165) is 29.8 Å². The molecule has 1 aliphatic rings. The molecular formula is C29H33N3O2S. The third-order valence-electron chi connectivity index (χ3n) is 6.17. The van der Waals surface area contributed by atoms with Gasteiger partial charge in [-0.15, -0.1) is 11.8 Å². The highest BCUT2D eigenvalue weighted by molar-refractivity contribution is 8.00. The Kier molecular flexibility index (Phi) is 9.38. The molecule has 3 aromatic rings. The highest BCUT2D eigenvalue weighted by atomic mass is 32.2. The van der Waals surface area contributed by atoms with Gasteiger partial charge in [0.15, 0.2) is 0 Å². The van der Waals surface area contributed by atoms with Crippen LogP contribution in [0.25, 0.3) is 0 Å². The number of carbonyl (C=O) groups is 2. The summed E-state index contributed by atoms with van der Waals surface area (Å²) in [6, 6.07) is 30.3. The maximum absolute atomic E-state index is 13.7. The van der Waals surface area contributed by atoms with E-state index in [1.165, 1.54) is 5.56 Å². The van der Waals surface area contributed by atoms with Crippen LogP contribution in [0.1, 0.15) is 22.8 Å². The summed E-state index contributed by atoms with van der Waals surface area (Å²) in [4.78, 5) is 31.4. The number of hydrogen-bond acceptors (Lipinski definition) is 4. The minimum atomic E-state index is -0.286. The smallest absolute Gasteiger partial charge is 0.240 e. The van der Waals surface area contributed by atoms with E-state index in [4.69, 9.17) is 0 Å². The Hall–Kier alpha value is -3.09. The lowest BCUT2D eigenvalue weighted by atomic mass is 10.1. The van der Waals surface area contributed by atoms with Crippen molar-refractivity contribution < 1.29 is 9.59 Å². The molecule has 2 amide bonds. The van der Waals surface area contributed by atoms with E-state index >= 15 is 0 Å². The second-order valence-corrected chi connectivity index (χ2v) is 9.94. The zero-order valence-electron chi connectivity index (χ0n) is 20.0. The highest BCUT2D eigenvalue weighted by Gasteiger charge is 2.28. The number of benzene rings is 3. The number of hydrogen-bond donors (Lipinski definition) is 1. The molecule has 1 saturated heterocycles. The van der Waals surface area contributed by atoms with Crippen molar-refractivity contribution in [1.29, 1.82) is 0 Å². The van der Waals surface area contributed by atoms with Gasteiger partial charge >= 0.3 is 0 Å². The maximum atomic E-state index is 13.7. The highest BCUT2D eigenvalue weighted by Crippen LogP contribution is 2.36. The molecule has 0 saturated carbocycles. The van der Waals surface area contributed by atoms with Crippen LogP contribution in [0.5, 0.6) is 0 Å². The fourth-order valence-corrected chi connectivity index (χ4v) is 5.42. The van der Waals surface area contributed by atoms with E-state index in [2.05, 4.69) is 34.5 Å². The topological polar surface area (TPSA) is 52.7 Å². The summed E-state index contributed by atoms with van der Waals surface area (Å²) < 4.78 is 0. The predicted octanol–water partition coefficient (Wildman–Crippen LogP) is 4.41. The van der Waals surface area contributed by atoms with Crippen molar-refractivity contribution in [1.82, 2.24) is 15.1 Å². The van der Waals surface area contributed by atoms with Gasteiger partial charge in [0.1, 0.15) is 5.25 Å². The third kappa shape index (κ3) is 7.70. The summed E-state index contributed by atoms with van der Waals surface area (Å²) in [5, 5.41) is 2.75. The summed E-state index contributed by atoms with van der Waals surface area (Å²) in [6.07, 6.45) is 1.69. The van der Waals surface area contributed by atoms with Crippen LogP contribution in [0, 0.1) is 0 Å². The monoisotopic (exact) mass is 487 g/mol. The van der Waals surface area contributed by atoms with E-state index in [1.807, 2.05) is 71.6 Å². The third-order valence-corrected chi connectivity index (χ3v) is 7.42. The molecule has 1 unspecified atom stereocenters. The van der Waals surface area contributed by atoms with Crippen LogP contribution in [0.4, 0.5) is 0 Å². The van der Waals surface area contributed by atoms with Gasteiger partial charge in [-0.05, 0) is 36.1 Å². The molecule has 6 heteroatoms. The Balaban J connectivity index is 1.31. The fourth-order valence-electron chi connectivity index (χ4n) is 4.29. The van der Waals surface area contributed by atoms with Gasteiger partial charge in [0.05, 0.1) is 6.54 Å². The average molecular weight is 488 g/mol. The molecule has 3 aromatic carbocycles. The average Bonchev–Trinajstić information content (AvgIpc) is 3.14. The molecule has 1 fully saturated rings. The van der Waals surface area contributed by atoms with Crippen molar-refractivity contribution in [3.63, 3.8) is 0 Å². The van der Waals surface area contributed by atoms with E-state index in [9.17, 15) is 9.59 Å². The summed E-state index contributed by atoms with van der Waals surface area (Å²) in [5.74, 6) is 0.182. The molecule has 5 nitrogen and oxygen atoms in total. The standard InChI is InChI=1S/C29H33N3O2S/c33-27(30-18-17-24-11-4-1-5-12-24)23-31-19-10-20-32(22-21-31)29(34)28(25-13-6-2-7-14-25)35-26-15-8-3-9-16-26/h1-9,11-16,28H,10,17-23H2,(H,30,33). The zero-order valence-corrected chi connectivity index (χ0v) is 20.8. The second kappa shape index (κ2) is 13.1. The molecule has 0 aromatic heterocycles. The summed E-state index contributed by atoms with van der Waals surface area (Å²) in [5.41, 5.74) is 2.24. The number of nitrogens with zero attached hydrogens (tertiary/aromatic N) is 2. The number of thioether (sulfide) groups is 1. The van der Waals surface area contributed by atoms with Crippen LogP contribution in [-0.4, -0.2) is 60.9 Å². The first-order valence-electron chi connectivity index (χ1n) is 12.3.